The molecule has 6 nitrogen and oxygen atoms in total. The van der Waals surface area contributed by atoms with E-state index < -0.39 is 21.5 Å². The third kappa shape index (κ3) is 3.78. The molecule has 0 aliphatic heterocycles. The normalized spacial score (nSPS) is 17.0. The molecule has 8 heteroatoms. The number of carbonyl (C=O) groups excluding carboxylic acids is 1. The van der Waals surface area contributed by atoms with Crippen LogP contribution in [0.15, 0.2) is 23.1 Å². The first kappa shape index (κ1) is 18.9. The number of rotatable bonds is 5. The van der Waals surface area contributed by atoms with Gasteiger partial charge in [-0.15, -0.1) is 12.4 Å². The molecular weight excluding hydrogens is 326 g/mol. The molecule has 0 unspecified atom stereocenters. The summed E-state index contributed by atoms with van der Waals surface area (Å²) in [6.45, 7) is 1.98. The summed E-state index contributed by atoms with van der Waals surface area (Å²) in [5.74, 6) is -0.640. The number of amides is 1. The Morgan fingerprint density at radius 3 is 2.41 bits per heavy atom. The molecule has 1 saturated carbocycles. The summed E-state index contributed by atoms with van der Waals surface area (Å²) in [6, 6.07) is 4.38. The number of nitrogens with two attached hydrogens (primary N) is 2. The van der Waals surface area contributed by atoms with Gasteiger partial charge in [0.25, 0.3) is 0 Å². The summed E-state index contributed by atoms with van der Waals surface area (Å²) in [6.07, 6.45) is 3.38. The molecule has 1 fully saturated rings. The average molecular weight is 348 g/mol. The third-order valence-corrected chi connectivity index (χ3v) is 5.66. The molecule has 0 bridgehead atoms. The van der Waals surface area contributed by atoms with Crippen LogP contribution in [0.25, 0.3) is 0 Å². The number of benzene rings is 1. The molecule has 0 aromatic heterocycles. The topological polar surface area (TPSA) is 115 Å². The smallest absolute Gasteiger partial charge is 0.249 e. The number of carbonyl (C=O) groups is 1. The minimum Gasteiger partial charge on any atom is -0.366 e. The Kier molecular flexibility index (Phi) is 5.97. The molecule has 0 atom stereocenters. The summed E-state index contributed by atoms with van der Waals surface area (Å²) in [5, 5.41) is 0. The lowest BCUT2D eigenvalue weighted by molar-refractivity contribution is 0.0999. The summed E-state index contributed by atoms with van der Waals surface area (Å²) >= 11 is 0. The van der Waals surface area contributed by atoms with Crippen molar-refractivity contribution in [3.05, 3.63) is 29.3 Å². The molecule has 0 heterocycles. The van der Waals surface area contributed by atoms with E-state index in [1.54, 1.807) is 13.0 Å². The van der Waals surface area contributed by atoms with Gasteiger partial charge in [-0.25, -0.2) is 13.1 Å². The number of nitrogens with one attached hydrogen (secondary N) is 1. The molecule has 124 valence electrons. The minimum atomic E-state index is -3.72. The molecule has 1 aromatic rings. The van der Waals surface area contributed by atoms with E-state index in [0.717, 1.165) is 25.7 Å². The lowest BCUT2D eigenvalue weighted by Crippen LogP contribution is -2.51. The molecule has 22 heavy (non-hydrogen) atoms. The van der Waals surface area contributed by atoms with Crippen molar-refractivity contribution in [1.29, 1.82) is 0 Å². The minimum absolute atomic E-state index is 0. The van der Waals surface area contributed by atoms with Gasteiger partial charge in [0.1, 0.15) is 0 Å². The summed E-state index contributed by atoms with van der Waals surface area (Å²) in [7, 11) is -3.72. The largest absolute Gasteiger partial charge is 0.366 e. The predicted octanol–water partition coefficient (Wildman–Crippen LogP) is 1.07. The van der Waals surface area contributed by atoms with Crippen LogP contribution < -0.4 is 16.2 Å². The molecular formula is C14H22ClN3O3S. The van der Waals surface area contributed by atoms with Gasteiger partial charge in [0.05, 0.1) is 4.90 Å². The molecule has 1 aliphatic rings. The second kappa shape index (κ2) is 6.95. The van der Waals surface area contributed by atoms with Crippen LogP contribution in [-0.2, 0) is 10.0 Å². The van der Waals surface area contributed by atoms with Gasteiger partial charge in [-0.05, 0) is 37.5 Å². The summed E-state index contributed by atoms with van der Waals surface area (Å²) in [4.78, 5) is 11.4. The first-order valence-electron chi connectivity index (χ1n) is 6.94. The van der Waals surface area contributed by atoms with Crippen molar-refractivity contribution in [3.63, 3.8) is 0 Å². The van der Waals surface area contributed by atoms with Crippen LogP contribution in [0.2, 0.25) is 0 Å². The Hall–Kier alpha value is -1.15. The number of sulfonamides is 1. The lowest BCUT2D eigenvalue weighted by Gasteiger charge is -2.28. The Morgan fingerprint density at radius 2 is 1.91 bits per heavy atom. The van der Waals surface area contributed by atoms with Gasteiger partial charge in [0.2, 0.25) is 15.9 Å². The van der Waals surface area contributed by atoms with Gasteiger partial charge >= 0.3 is 0 Å². The van der Waals surface area contributed by atoms with E-state index in [4.69, 9.17) is 11.5 Å². The molecule has 0 spiro atoms. The highest BCUT2D eigenvalue weighted by atomic mass is 35.5. The van der Waals surface area contributed by atoms with Crippen LogP contribution in [0, 0.1) is 6.92 Å². The predicted molar refractivity (Wildman–Crippen MR) is 87.5 cm³/mol. The van der Waals surface area contributed by atoms with Gasteiger partial charge < -0.3 is 11.5 Å². The number of hydrogen-bond acceptors (Lipinski definition) is 4. The Morgan fingerprint density at radius 1 is 1.32 bits per heavy atom. The maximum Gasteiger partial charge on any atom is 0.249 e. The lowest BCUT2D eigenvalue weighted by atomic mass is 10.0. The zero-order valence-electron chi connectivity index (χ0n) is 12.5. The molecule has 0 saturated heterocycles. The Balaban J connectivity index is 0.00000242. The van der Waals surface area contributed by atoms with Crippen molar-refractivity contribution in [2.24, 2.45) is 11.5 Å². The van der Waals surface area contributed by atoms with Gasteiger partial charge in [-0.3, -0.25) is 4.79 Å². The third-order valence-electron chi connectivity index (χ3n) is 4.09. The molecule has 1 amide bonds. The van der Waals surface area contributed by atoms with Crippen LogP contribution in [0.1, 0.15) is 41.6 Å². The fourth-order valence-electron chi connectivity index (χ4n) is 2.78. The number of aryl methyl sites for hydroxylation is 1. The van der Waals surface area contributed by atoms with Crippen LogP contribution in [0.3, 0.4) is 0 Å². The number of halogens is 1. The van der Waals surface area contributed by atoms with Gasteiger partial charge in [-0.2, -0.15) is 0 Å². The maximum absolute atomic E-state index is 12.5. The maximum atomic E-state index is 12.5. The van der Waals surface area contributed by atoms with Crippen molar-refractivity contribution in [3.8, 4) is 0 Å². The van der Waals surface area contributed by atoms with E-state index in [9.17, 15) is 13.2 Å². The van der Waals surface area contributed by atoms with Crippen LogP contribution in [-0.4, -0.2) is 26.4 Å². The highest BCUT2D eigenvalue weighted by molar-refractivity contribution is 7.89. The molecule has 1 aliphatic carbocycles. The van der Waals surface area contributed by atoms with Crippen molar-refractivity contribution >= 4 is 28.3 Å². The quantitative estimate of drug-likeness (QED) is 0.738. The van der Waals surface area contributed by atoms with Crippen LogP contribution in [0.4, 0.5) is 0 Å². The average Bonchev–Trinajstić information content (AvgIpc) is 2.87. The van der Waals surface area contributed by atoms with Crippen molar-refractivity contribution in [2.45, 2.75) is 43.0 Å². The SMILES string of the molecule is Cc1ccc(S(=O)(=O)NC2(CN)CCCC2)cc1C(N)=O.Cl. The van der Waals surface area contributed by atoms with Crippen LogP contribution >= 0.6 is 12.4 Å². The number of hydrogen-bond donors (Lipinski definition) is 3. The summed E-state index contributed by atoms with van der Waals surface area (Å²) in [5.41, 5.74) is 11.3. The summed E-state index contributed by atoms with van der Waals surface area (Å²) < 4.78 is 27.8. The van der Waals surface area contributed by atoms with Gasteiger partial charge in [0, 0.05) is 17.6 Å². The first-order chi connectivity index (χ1) is 9.80. The second-order valence-electron chi connectivity index (χ2n) is 5.64. The van der Waals surface area contributed by atoms with E-state index in [0.29, 0.717) is 5.56 Å². The van der Waals surface area contributed by atoms with E-state index in [2.05, 4.69) is 4.72 Å². The first-order valence-corrected chi connectivity index (χ1v) is 8.42. The molecule has 0 radical (unpaired) electrons. The van der Waals surface area contributed by atoms with Gasteiger partial charge in [0.15, 0.2) is 0 Å². The van der Waals surface area contributed by atoms with Crippen molar-refractivity contribution in [1.82, 2.24) is 4.72 Å². The molecule has 1 aromatic carbocycles. The molecule has 5 N–H and O–H groups in total. The number of primary amides is 1. The van der Waals surface area contributed by atoms with E-state index in [-0.39, 0.29) is 29.4 Å². The monoisotopic (exact) mass is 347 g/mol. The Labute approximate surface area is 137 Å². The van der Waals surface area contributed by atoms with Gasteiger partial charge in [-0.1, -0.05) is 18.9 Å². The van der Waals surface area contributed by atoms with E-state index >= 15 is 0 Å². The second-order valence-corrected chi connectivity index (χ2v) is 7.32. The fraction of sp³-hybridized carbons (Fsp3) is 0.500. The Bertz CT molecular complexity index is 655. The van der Waals surface area contributed by atoms with Crippen molar-refractivity contribution in [2.75, 3.05) is 6.54 Å². The van der Waals surface area contributed by atoms with E-state index in [1.807, 2.05) is 0 Å². The zero-order valence-corrected chi connectivity index (χ0v) is 14.1. The van der Waals surface area contributed by atoms with E-state index in [1.165, 1.54) is 12.1 Å². The van der Waals surface area contributed by atoms with Crippen molar-refractivity contribution < 1.29 is 13.2 Å². The standard InChI is InChI=1S/C14H21N3O3S.ClH/c1-10-4-5-11(8-12(10)13(16)18)21(19,20)17-14(9-15)6-2-3-7-14;/h4-5,8,17H,2-3,6-7,9,15H2,1H3,(H2,16,18);1H. The molecule has 2 rings (SSSR count). The van der Waals surface area contributed by atoms with Crippen LogP contribution in [0.5, 0.6) is 0 Å². The highest BCUT2D eigenvalue weighted by Gasteiger charge is 2.36. The highest BCUT2D eigenvalue weighted by Crippen LogP contribution is 2.30. The zero-order chi connectivity index (χ0) is 15.7. The fourth-order valence-corrected chi connectivity index (χ4v) is 4.27.